The fourth-order valence-corrected chi connectivity index (χ4v) is 2.08. The second-order valence-electron chi connectivity index (χ2n) is 4.69. The summed E-state index contributed by atoms with van der Waals surface area (Å²) in [6, 6.07) is 12.8. The van der Waals surface area contributed by atoms with Gasteiger partial charge in [-0.05, 0) is 35.4 Å². The average molecular weight is 274 g/mol. The Hall–Kier alpha value is -2.07. The molecule has 0 amide bonds. The zero-order chi connectivity index (χ0) is 14.5. The molecule has 2 N–H and O–H groups in total. The van der Waals surface area contributed by atoms with Crippen molar-refractivity contribution in [1.29, 1.82) is 0 Å². The molecule has 0 heterocycles. The molecule has 0 aliphatic rings. The van der Waals surface area contributed by atoms with Crippen LogP contribution in [-0.2, 0) is 13.1 Å². The van der Waals surface area contributed by atoms with Crippen molar-refractivity contribution in [1.82, 2.24) is 0 Å². The Morgan fingerprint density at radius 2 is 1.75 bits per heavy atom. The lowest BCUT2D eigenvalue weighted by Gasteiger charge is -2.20. The maximum Gasteiger partial charge on any atom is 0.146 e. The minimum atomic E-state index is -0.246. The lowest BCUT2D eigenvalue weighted by Crippen LogP contribution is -2.18. The molecule has 0 saturated heterocycles. The van der Waals surface area contributed by atoms with E-state index in [0.29, 0.717) is 18.8 Å². The van der Waals surface area contributed by atoms with Crippen molar-refractivity contribution in [2.24, 2.45) is 5.73 Å². The molecule has 106 valence electrons. The summed E-state index contributed by atoms with van der Waals surface area (Å²) in [5.41, 5.74) is 7.96. The first kappa shape index (κ1) is 14.3. The van der Waals surface area contributed by atoms with E-state index in [4.69, 9.17) is 10.5 Å². The van der Waals surface area contributed by atoms with Crippen molar-refractivity contribution in [3.05, 3.63) is 59.4 Å². The Labute approximate surface area is 118 Å². The van der Waals surface area contributed by atoms with Gasteiger partial charge in [-0.1, -0.05) is 18.2 Å². The van der Waals surface area contributed by atoms with Crippen LogP contribution in [0.15, 0.2) is 42.5 Å². The number of rotatable bonds is 5. The number of nitrogens with zero attached hydrogens (tertiary/aromatic N) is 1. The summed E-state index contributed by atoms with van der Waals surface area (Å²) in [7, 11) is 3.50. The Bertz CT molecular complexity index is 569. The maximum atomic E-state index is 14.0. The van der Waals surface area contributed by atoms with Gasteiger partial charge in [-0.2, -0.15) is 0 Å². The zero-order valence-corrected chi connectivity index (χ0v) is 11.8. The van der Waals surface area contributed by atoms with E-state index in [1.807, 2.05) is 42.3 Å². The summed E-state index contributed by atoms with van der Waals surface area (Å²) < 4.78 is 19.1. The lowest BCUT2D eigenvalue weighted by molar-refractivity contribution is 0.414. The van der Waals surface area contributed by atoms with Gasteiger partial charge < -0.3 is 15.4 Å². The van der Waals surface area contributed by atoms with Gasteiger partial charge in [0.1, 0.15) is 11.6 Å². The van der Waals surface area contributed by atoms with Gasteiger partial charge in [0.05, 0.1) is 12.8 Å². The molecule has 0 aromatic heterocycles. The van der Waals surface area contributed by atoms with Crippen molar-refractivity contribution in [3.8, 4) is 5.75 Å². The lowest BCUT2D eigenvalue weighted by atomic mass is 10.1. The maximum absolute atomic E-state index is 14.0. The van der Waals surface area contributed by atoms with Crippen LogP contribution in [-0.4, -0.2) is 14.2 Å². The highest BCUT2D eigenvalue weighted by Gasteiger charge is 2.08. The third-order valence-electron chi connectivity index (χ3n) is 3.24. The van der Waals surface area contributed by atoms with Crippen molar-refractivity contribution in [2.75, 3.05) is 19.1 Å². The number of nitrogens with two attached hydrogens (primary N) is 1. The van der Waals surface area contributed by atoms with Crippen LogP contribution in [0.4, 0.5) is 10.1 Å². The summed E-state index contributed by atoms with van der Waals surface area (Å²) in [6.45, 7) is 0.974. The number of hydrogen-bond donors (Lipinski definition) is 1. The van der Waals surface area contributed by atoms with Crippen LogP contribution in [0.25, 0.3) is 0 Å². The van der Waals surface area contributed by atoms with E-state index in [2.05, 4.69) is 0 Å². The van der Waals surface area contributed by atoms with Crippen LogP contribution in [0.5, 0.6) is 5.75 Å². The van der Waals surface area contributed by atoms with Crippen LogP contribution < -0.4 is 15.4 Å². The molecule has 3 nitrogen and oxygen atoms in total. The van der Waals surface area contributed by atoms with E-state index in [-0.39, 0.29) is 5.82 Å². The topological polar surface area (TPSA) is 38.5 Å². The number of hydrogen-bond acceptors (Lipinski definition) is 3. The molecular formula is C16H19FN2O. The summed E-state index contributed by atoms with van der Waals surface area (Å²) in [5, 5.41) is 0. The fourth-order valence-electron chi connectivity index (χ4n) is 2.08. The molecule has 0 saturated carbocycles. The van der Waals surface area contributed by atoms with Crippen LogP contribution in [0.3, 0.4) is 0 Å². The van der Waals surface area contributed by atoms with Crippen molar-refractivity contribution in [2.45, 2.75) is 13.1 Å². The van der Waals surface area contributed by atoms with Gasteiger partial charge in [-0.3, -0.25) is 0 Å². The normalized spacial score (nSPS) is 10.4. The Morgan fingerprint density at radius 3 is 2.30 bits per heavy atom. The fraction of sp³-hybridized carbons (Fsp3) is 0.250. The van der Waals surface area contributed by atoms with E-state index in [1.54, 1.807) is 13.2 Å². The van der Waals surface area contributed by atoms with Gasteiger partial charge in [-0.25, -0.2) is 4.39 Å². The number of halogens is 1. The van der Waals surface area contributed by atoms with Gasteiger partial charge in [0, 0.05) is 20.1 Å². The molecule has 2 rings (SSSR count). The van der Waals surface area contributed by atoms with Gasteiger partial charge in [-0.15, -0.1) is 0 Å². The number of methoxy groups -OCH3 is 1. The molecule has 4 heteroatoms. The van der Waals surface area contributed by atoms with Crippen LogP contribution in [0.1, 0.15) is 11.1 Å². The predicted molar refractivity (Wildman–Crippen MR) is 79.4 cm³/mol. The van der Waals surface area contributed by atoms with Crippen LogP contribution in [0, 0.1) is 5.82 Å². The minimum absolute atomic E-state index is 0.246. The van der Waals surface area contributed by atoms with E-state index in [9.17, 15) is 4.39 Å². The number of ether oxygens (including phenoxy) is 1. The van der Waals surface area contributed by atoms with E-state index in [1.165, 1.54) is 6.07 Å². The third kappa shape index (κ3) is 3.27. The number of benzene rings is 2. The summed E-state index contributed by atoms with van der Waals surface area (Å²) in [5.74, 6) is 0.568. The second-order valence-corrected chi connectivity index (χ2v) is 4.69. The molecule has 0 aliphatic heterocycles. The quantitative estimate of drug-likeness (QED) is 0.911. The van der Waals surface area contributed by atoms with Crippen LogP contribution in [0.2, 0.25) is 0 Å². The zero-order valence-electron chi connectivity index (χ0n) is 11.8. The monoisotopic (exact) mass is 274 g/mol. The molecule has 0 radical (unpaired) electrons. The third-order valence-corrected chi connectivity index (χ3v) is 3.24. The largest absolute Gasteiger partial charge is 0.497 e. The molecule has 2 aromatic rings. The number of anilines is 1. The first-order chi connectivity index (χ1) is 9.63. The van der Waals surface area contributed by atoms with Gasteiger partial charge in [0.25, 0.3) is 0 Å². The molecule has 0 fully saturated rings. The summed E-state index contributed by atoms with van der Waals surface area (Å²) in [6.07, 6.45) is 0. The van der Waals surface area contributed by atoms with E-state index < -0.39 is 0 Å². The minimum Gasteiger partial charge on any atom is -0.497 e. The van der Waals surface area contributed by atoms with Crippen molar-refractivity contribution in [3.63, 3.8) is 0 Å². The molecule has 0 unspecified atom stereocenters. The Kier molecular flexibility index (Phi) is 4.58. The van der Waals surface area contributed by atoms with Crippen molar-refractivity contribution < 1.29 is 9.13 Å². The molecule has 0 atom stereocenters. The Morgan fingerprint density at radius 1 is 1.10 bits per heavy atom. The molecule has 0 aliphatic carbocycles. The molecule has 0 bridgehead atoms. The average Bonchev–Trinajstić information content (AvgIpc) is 2.47. The van der Waals surface area contributed by atoms with E-state index >= 15 is 0 Å². The second kappa shape index (κ2) is 6.39. The predicted octanol–water partition coefficient (Wildman–Crippen LogP) is 2.93. The standard InChI is InChI=1S/C16H19FN2O/c1-19(11-12-3-6-14(20-2)7-4-12)16-8-5-13(10-18)9-15(16)17/h3-9H,10-11,18H2,1-2H3. The van der Waals surface area contributed by atoms with Crippen molar-refractivity contribution >= 4 is 5.69 Å². The van der Waals surface area contributed by atoms with Gasteiger partial charge in [0.2, 0.25) is 0 Å². The highest BCUT2D eigenvalue weighted by atomic mass is 19.1. The molecule has 20 heavy (non-hydrogen) atoms. The summed E-state index contributed by atoms with van der Waals surface area (Å²) in [4.78, 5) is 1.87. The van der Waals surface area contributed by atoms with Gasteiger partial charge >= 0.3 is 0 Å². The first-order valence-corrected chi connectivity index (χ1v) is 6.46. The molecule has 0 spiro atoms. The Balaban J connectivity index is 2.12. The highest BCUT2D eigenvalue weighted by molar-refractivity contribution is 5.49. The SMILES string of the molecule is COc1ccc(CN(C)c2ccc(CN)cc2F)cc1. The first-order valence-electron chi connectivity index (χ1n) is 6.46. The highest BCUT2D eigenvalue weighted by Crippen LogP contribution is 2.22. The summed E-state index contributed by atoms with van der Waals surface area (Å²) >= 11 is 0. The van der Waals surface area contributed by atoms with E-state index in [0.717, 1.165) is 16.9 Å². The smallest absolute Gasteiger partial charge is 0.146 e. The molecule has 2 aromatic carbocycles. The van der Waals surface area contributed by atoms with Crippen LogP contribution >= 0.6 is 0 Å². The molecular weight excluding hydrogens is 255 g/mol. The van der Waals surface area contributed by atoms with Gasteiger partial charge in [0.15, 0.2) is 0 Å².